The maximum Gasteiger partial charge on any atom is 0.248 e. The molecule has 0 aromatic rings. The molecule has 1 saturated carbocycles. The van der Waals surface area contributed by atoms with E-state index in [4.69, 9.17) is 4.74 Å². The molecule has 1 atom stereocenters. The van der Waals surface area contributed by atoms with Gasteiger partial charge in [0, 0.05) is 19.6 Å². The fourth-order valence-corrected chi connectivity index (χ4v) is 4.10. The topological polar surface area (TPSA) is 58.6 Å². The summed E-state index contributed by atoms with van der Waals surface area (Å²) in [5.74, 6) is 0.147. The zero-order chi connectivity index (χ0) is 14.9. The third-order valence-corrected chi connectivity index (χ3v) is 5.37. The Balaban J connectivity index is 1.89. The lowest BCUT2D eigenvalue weighted by Gasteiger charge is -2.47. The van der Waals surface area contributed by atoms with Crippen molar-refractivity contribution in [2.45, 2.75) is 69.4 Å². The lowest BCUT2D eigenvalue weighted by atomic mass is 9.79. The highest BCUT2D eigenvalue weighted by atomic mass is 16.5. The van der Waals surface area contributed by atoms with Gasteiger partial charge in [-0.1, -0.05) is 19.3 Å². The van der Waals surface area contributed by atoms with E-state index >= 15 is 0 Å². The zero-order valence-corrected chi connectivity index (χ0v) is 13.0. The molecule has 0 aromatic carbocycles. The van der Waals surface area contributed by atoms with E-state index < -0.39 is 5.54 Å². The number of hydrogen-bond donors (Lipinski definition) is 1. The summed E-state index contributed by atoms with van der Waals surface area (Å²) in [5, 5.41) is 3.06. The van der Waals surface area contributed by atoms with Crippen LogP contribution in [0, 0.1) is 0 Å². The Morgan fingerprint density at radius 2 is 1.86 bits per heavy atom. The first kappa shape index (κ1) is 14.8. The van der Waals surface area contributed by atoms with Crippen molar-refractivity contribution in [1.82, 2.24) is 10.2 Å². The molecule has 2 saturated heterocycles. The number of carbonyl (C=O) groups excluding carboxylic acids is 2. The molecule has 3 rings (SSSR count). The Hall–Kier alpha value is -1.10. The number of nitrogens with one attached hydrogen (secondary N) is 1. The molecule has 0 radical (unpaired) electrons. The second-order valence-corrected chi connectivity index (χ2v) is 7.05. The van der Waals surface area contributed by atoms with Gasteiger partial charge in [0.2, 0.25) is 11.8 Å². The highest BCUT2D eigenvalue weighted by molar-refractivity contribution is 5.94. The largest absolute Gasteiger partial charge is 0.379 e. The van der Waals surface area contributed by atoms with Crippen molar-refractivity contribution >= 4 is 11.8 Å². The van der Waals surface area contributed by atoms with Crippen LogP contribution in [0.5, 0.6) is 0 Å². The van der Waals surface area contributed by atoms with Crippen LogP contribution in [0.4, 0.5) is 0 Å². The summed E-state index contributed by atoms with van der Waals surface area (Å²) in [5.41, 5.74) is -0.904. The first-order valence-electron chi connectivity index (χ1n) is 8.27. The van der Waals surface area contributed by atoms with E-state index in [9.17, 15) is 9.59 Å². The van der Waals surface area contributed by atoms with Crippen LogP contribution in [-0.4, -0.2) is 47.6 Å². The van der Waals surface area contributed by atoms with Gasteiger partial charge in [-0.25, -0.2) is 0 Å². The Kier molecular flexibility index (Phi) is 3.95. The van der Waals surface area contributed by atoms with Crippen molar-refractivity contribution in [2.24, 2.45) is 0 Å². The van der Waals surface area contributed by atoms with Crippen molar-refractivity contribution in [1.29, 1.82) is 0 Å². The molecule has 1 aliphatic carbocycles. The van der Waals surface area contributed by atoms with E-state index in [-0.39, 0.29) is 17.4 Å². The van der Waals surface area contributed by atoms with E-state index in [1.54, 1.807) is 0 Å². The molecule has 0 aromatic heterocycles. The van der Waals surface area contributed by atoms with Gasteiger partial charge in [0.25, 0.3) is 0 Å². The SMILES string of the molecule is CC1(N2CCC(=O)NC3(CCCCC3)C2=O)CCCOC1. The van der Waals surface area contributed by atoms with E-state index in [2.05, 4.69) is 12.2 Å². The minimum atomic E-state index is -0.647. The Morgan fingerprint density at radius 1 is 1.10 bits per heavy atom. The van der Waals surface area contributed by atoms with Crippen LogP contribution in [0.3, 0.4) is 0 Å². The third-order valence-electron chi connectivity index (χ3n) is 5.37. The molecule has 0 bridgehead atoms. The number of rotatable bonds is 1. The Bertz CT molecular complexity index is 423. The van der Waals surface area contributed by atoms with Crippen LogP contribution in [0.25, 0.3) is 0 Å². The summed E-state index contributed by atoms with van der Waals surface area (Å²) in [4.78, 5) is 27.3. The van der Waals surface area contributed by atoms with Gasteiger partial charge in [0.1, 0.15) is 5.54 Å². The normalized spacial score (nSPS) is 33.7. The summed E-state index contributed by atoms with van der Waals surface area (Å²) in [6, 6.07) is 0. The standard InChI is InChI=1S/C16H26N2O3/c1-15(7-5-11-21-12-15)18-10-6-13(19)17-16(14(18)20)8-3-2-4-9-16/h2-12H2,1H3,(H,17,19). The highest BCUT2D eigenvalue weighted by Gasteiger charge is 2.49. The second kappa shape index (κ2) is 5.59. The molecule has 2 amide bonds. The fourth-order valence-electron chi connectivity index (χ4n) is 4.10. The van der Waals surface area contributed by atoms with E-state index in [0.717, 1.165) is 51.6 Å². The molecule has 118 valence electrons. The Morgan fingerprint density at radius 3 is 2.52 bits per heavy atom. The summed E-state index contributed by atoms with van der Waals surface area (Å²) in [7, 11) is 0. The molecule has 21 heavy (non-hydrogen) atoms. The molecule has 1 spiro atoms. The molecule has 1 unspecified atom stereocenters. The van der Waals surface area contributed by atoms with Crippen molar-refractivity contribution in [2.75, 3.05) is 19.8 Å². The lowest BCUT2D eigenvalue weighted by Crippen LogP contribution is -2.63. The van der Waals surface area contributed by atoms with Gasteiger partial charge in [-0.2, -0.15) is 0 Å². The van der Waals surface area contributed by atoms with Gasteiger partial charge < -0.3 is 15.0 Å². The summed E-state index contributed by atoms with van der Waals surface area (Å²) in [6.07, 6.45) is 7.11. The average molecular weight is 294 g/mol. The molecule has 5 nitrogen and oxygen atoms in total. The van der Waals surface area contributed by atoms with Crippen molar-refractivity contribution < 1.29 is 14.3 Å². The van der Waals surface area contributed by atoms with Crippen LogP contribution in [-0.2, 0) is 14.3 Å². The molecule has 3 fully saturated rings. The molecular formula is C16H26N2O3. The van der Waals surface area contributed by atoms with E-state index in [1.807, 2.05) is 4.90 Å². The van der Waals surface area contributed by atoms with Crippen LogP contribution >= 0.6 is 0 Å². The van der Waals surface area contributed by atoms with Crippen LogP contribution < -0.4 is 5.32 Å². The smallest absolute Gasteiger partial charge is 0.248 e. The van der Waals surface area contributed by atoms with Gasteiger partial charge in [-0.3, -0.25) is 9.59 Å². The third kappa shape index (κ3) is 2.68. The number of nitrogens with zero attached hydrogens (tertiary/aromatic N) is 1. The van der Waals surface area contributed by atoms with Gasteiger partial charge in [0.15, 0.2) is 0 Å². The molecule has 3 aliphatic rings. The maximum absolute atomic E-state index is 13.2. The highest BCUT2D eigenvalue weighted by Crippen LogP contribution is 2.36. The lowest BCUT2D eigenvalue weighted by molar-refractivity contribution is -0.150. The van der Waals surface area contributed by atoms with Gasteiger partial charge in [-0.15, -0.1) is 0 Å². The fraction of sp³-hybridized carbons (Fsp3) is 0.875. The Labute approximate surface area is 126 Å². The minimum absolute atomic E-state index is 0.0214. The monoisotopic (exact) mass is 294 g/mol. The molecule has 2 heterocycles. The van der Waals surface area contributed by atoms with Crippen LogP contribution in [0.15, 0.2) is 0 Å². The molecule has 5 heteroatoms. The van der Waals surface area contributed by atoms with Crippen molar-refractivity contribution in [3.63, 3.8) is 0 Å². The minimum Gasteiger partial charge on any atom is -0.379 e. The second-order valence-electron chi connectivity index (χ2n) is 7.05. The first-order valence-corrected chi connectivity index (χ1v) is 8.27. The summed E-state index contributed by atoms with van der Waals surface area (Å²) in [6.45, 7) is 3.99. The average Bonchev–Trinajstić information content (AvgIpc) is 2.59. The molecule has 2 aliphatic heterocycles. The molecular weight excluding hydrogens is 268 g/mol. The van der Waals surface area contributed by atoms with Gasteiger partial charge in [-0.05, 0) is 32.6 Å². The van der Waals surface area contributed by atoms with Crippen molar-refractivity contribution in [3.05, 3.63) is 0 Å². The maximum atomic E-state index is 13.2. The molecule has 1 N–H and O–H groups in total. The van der Waals surface area contributed by atoms with Gasteiger partial charge in [0.05, 0.1) is 12.1 Å². The summed E-state index contributed by atoms with van der Waals surface area (Å²) >= 11 is 0. The number of hydrogen-bond acceptors (Lipinski definition) is 3. The summed E-state index contributed by atoms with van der Waals surface area (Å²) < 4.78 is 5.63. The van der Waals surface area contributed by atoms with Crippen molar-refractivity contribution in [3.8, 4) is 0 Å². The number of carbonyl (C=O) groups is 2. The van der Waals surface area contributed by atoms with Crippen LogP contribution in [0.2, 0.25) is 0 Å². The quantitative estimate of drug-likeness (QED) is 0.799. The zero-order valence-electron chi connectivity index (χ0n) is 13.0. The van der Waals surface area contributed by atoms with Crippen LogP contribution in [0.1, 0.15) is 58.3 Å². The van der Waals surface area contributed by atoms with Gasteiger partial charge >= 0.3 is 0 Å². The first-order chi connectivity index (χ1) is 10.1. The number of amides is 2. The number of ether oxygens (including phenoxy) is 1. The van der Waals surface area contributed by atoms with E-state index in [1.165, 1.54) is 0 Å². The van der Waals surface area contributed by atoms with E-state index in [0.29, 0.717) is 19.6 Å². The predicted molar refractivity (Wildman–Crippen MR) is 78.7 cm³/mol. The predicted octanol–water partition coefficient (Wildman–Crippen LogP) is 1.61.